The number of hydrogen-bond acceptors (Lipinski definition) is 4. The normalized spacial score (nSPS) is 14.5. The molecule has 1 N–H and O–H groups in total. The minimum Gasteiger partial charge on any atom is -0.497 e. The quantitative estimate of drug-likeness (QED) is 0.481. The lowest BCUT2D eigenvalue weighted by Gasteiger charge is -2.31. The molecule has 1 fully saturated rings. The topological polar surface area (TPSA) is 67.9 Å². The average molecular weight is 517 g/mol. The van der Waals surface area contributed by atoms with Crippen molar-refractivity contribution in [1.82, 2.24) is 10.2 Å². The van der Waals surface area contributed by atoms with Crippen LogP contribution in [0.2, 0.25) is 0 Å². The third-order valence-corrected chi connectivity index (χ3v) is 6.96. The summed E-state index contributed by atoms with van der Waals surface area (Å²) in [5.41, 5.74) is 1.92. The highest BCUT2D eigenvalue weighted by atomic mass is 79.9. The number of hydrogen-bond donors (Lipinski definition) is 1. The molecule has 1 aliphatic rings. The Morgan fingerprint density at radius 1 is 1.15 bits per heavy atom. The Morgan fingerprint density at radius 3 is 2.58 bits per heavy atom. The maximum Gasteiger partial charge on any atom is 0.261 e. The van der Waals surface area contributed by atoms with Crippen molar-refractivity contribution in [2.24, 2.45) is 0 Å². The highest BCUT2D eigenvalue weighted by Crippen LogP contribution is 2.23. The van der Waals surface area contributed by atoms with Crippen LogP contribution in [-0.2, 0) is 16.1 Å². The molecule has 1 atom stereocenters. The van der Waals surface area contributed by atoms with Crippen LogP contribution in [0.5, 0.6) is 11.5 Å². The molecule has 0 radical (unpaired) electrons. The average Bonchev–Trinajstić information content (AvgIpc) is 3.32. The van der Waals surface area contributed by atoms with Crippen molar-refractivity contribution in [3.63, 3.8) is 0 Å². The fourth-order valence-corrected chi connectivity index (χ4v) is 4.44. The Labute approximate surface area is 204 Å². The molecular weight excluding hydrogens is 484 g/mol. The number of methoxy groups -OCH3 is 1. The minimum atomic E-state index is -0.570. The molecule has 1 aliphatic carbocycles. The first-order valence-electron chi connectivity index (χ1n) is 11.5. The van der Waals surface area contributed by atoms with Crippen molar-refractivity contribution >= 4 is 27.7 Å². The van der Waals surface area contributed by atoms with Gasteiger partial charge in [-0.05, 0) is 67.6 Å². The van der Waals surface area contributed by atoms with Crippen LogP contribution in [0.25, 0.3) is 0 Å². The van der Waals surface area contributed by atoms with E-state index in [0.717, 1.165) is 41.3 Å². The lowest BCUT2D eigenvalue weighted by atomic mass is 10.1. The first kappa shape index (κ1) is 25.1. The summed E-state index contributed by atoms with van der Waals surface area (Å²) < 4.78 is 12.1. The number of carbonyl (C=O) groups excluding carboxylic acids is 2. The number of nitrogens with zero attached hydrogens (tertiary/aromatic N) is 1. The molecule has 2 aromatic rings. The predicted molar refractivity (Wildman–Crippen MR) is 132 cm³/mol. The zero-order valence-electron chi connectivity index (χ0n) is 19.6. The summed E-state index contributed by atoms with van der Waals surface area (Å²) in [4.78, 5) is 28.1. The van der Waals surface area contributed by atoms with E-state index in [2.05, 4.69) is 21.2 Å². The highest BCUT2D eigenvalue weighted by molar-refractivity contribution is 9.10. The molecule has 33 heavy (non-hydrogen) atoms. The van der Waals surface area contributed by atoms with Gasteiger partial charge in [0.05, 0.1) is 7.11 Å². The number of amides is 2. The number of aryl methyl sites for hydroxylation is 1. The van der Waals surface area contributed by atoms with E-state index in [0.29, 0.717) is 24.5 Å². The van der Waals surface area contributed by atoms with Gasteiger partial charge in [0.2, 0.25) is 5.91 Å². The van der Waals surface area contributed by atoms with Gasteiger partial charge in [-0.3, -0.25) is 9.59 Å². The van der Waals surface area contributed by atoms with Crippen molar-refractivity contribution in [2.45, 2.75) is 64.6 Å². The number of carbonyl (C=O) groups is 2. The summed E-state index contributed by atoms with van der Waals surface area (Å²) in [7, 11) is 1.61. The van der Waals surface area contributed by atoms with E-state index in [-0.39, 0.29) is 24.5 Å². The monoisotopic (exact) mass is 516 g/mol. The molecule has 3 rings (SSSR count). The number of halogens is 1. The van der Waals surface area contributed by atoms with Crippen molar-refractivity contribution in [2.75, 3.05) is 13.7 Å². The number of nitrogens with one attached hydrogen (secondary N) is 1. The molecule has 0 aromatic heterocycles. The first-order valence-corrected chi connectivity index (χ1v) is 12.3. The van der Waals surface area contributed by atoms with Gasteiger partial charge in [-0.25, -0.2) is 0 Å². The van der Waals surface area contributed by atoms with Gasteiger partial charge in [-0.2, -0.15) is 0 Å². The van der Waals surface area contributed by atoms with E-state index >= 15 is 0 Å². The highest BCUT2D eigenvalue weighted by Gasteiger charge is 2.31. The van der Waals surface area contributed by atoms with Crippen molar-refractivity contribution in [3.8, 4) is 11.5 Å². The van der Waals surface area contributed by atoms with Crippen LogP contribution in [0.15, 0.2) is 46.9 Å². The first-order chi connectivity index (χ1) is 15.9. The van der Waals surface area contributed by atoms with Crippen molar-refractivity contribution in [1.29, 1.82) is 0 Å². The molecule has 0 heterocycles. The molecule has 6 nitrogen and oxygen atoms in total. The second-order valence-corrected chi connectivity index (χ2v) is 9.34. The van der Waals surface area contributed by atoms with E-state index in [4.69, 9.17) is 9.47 Å². The molecular formula is C26H33BrN2O4. The summed E-state index contributed by atoms with van der Waals surface area (Å²) >= 11 is 3.48. The number of benzene rings is 2. The Morgan fingerprint density at radius 2 is 1.91 bits per heavy atom. The van der Waals surface area contributed by atoms with Gasteiger partial charge in [-0.1, -0.05) is 47.8 Å². The zero-order valence-corrected chi connectivity index (χ0v) is 21.2. The standard InChI is InChI=1S/C26H33BrN2O4/c1-4-24(26(31)28-20-9-5-6-10-20)29(16-19-8-7-11-21(15-19)32-3)25(30)17-33-22-12-13-23(27)18(2)14-22/h7-8,11-15,20,24H,4-6,9-10,16-17H2,1-3H3,(H,28,31)/t24-/m0/s1. The second-order valence-electron chi connectivity index (χ2n) is 8.49. The van der Waals surface area contributed by atoms with Crippen LogP contribution < -0.4 is 14.8 Å². The summed E-state index contributed by atoms with van der Waals surface area (Å²) in [5, 5.41) is 3.16. The van der Waals surface area contributed by atoms with Crippen LogP contribution in [0.1, 0.15) is 50.2 Å². The molecule has 7 heteroatoms. The molecule has 0 spiro atoms. The third kappa shape index (κ3) is 6.97. The molecule has 0 aliphatic heterocycles. The van der Waals surface area contributed by atoms with Crippen molar-refractivity contribution in [3.05, 3.63) is 58.1 Å². The van der Waals surface area contributed by atoms with Crippen LogP contribution in [0.4, 0.5) is 0 Å². The van der Waals surface area contributed by atoms with Gasteiger partial charge in [0, 0.05) is 17.1 Å². The van der Waals surface area contributed by atoms with Gasteiger partial charge >= 0.3 is 0 Å². The number of rotatable bonds is 10. The Bertz CT molecular complexity index is 959. The van der Waals surface area contributed by atoms with E-state index in [9.17, 15) is 9.59 Å². The van der Waals surface area contributed by atoms with Crippen LogP contribution in [-0.4, -0.2) is 42.5 Å². The van der Waals surface area contributed by atoms with Crippen LogP contribution in [0.3, 0.4) is 0 Å². The van der Waals surface area contributed by atoms with Gasteiger partial charge in [0.15, 0.2) is 6.61 Å². The SMILES string of the molecule is CC[C@@H](C(=O)NC1CCCC1)N(Cc1cccc(OC)c1)C(=O)COc1ccc(Br)c(C)c1. The van der Waals surface area contributed by atoms with E-state index < -0.39 is 6.04 Å². The lowest BCUT2D eigenvalue weighted by molar-refractivity contribution is -0.143. The summed E-state index contributed by atoms with van der Waals surface area (Å²) in [6.45, 7) is 4.06. The largest absolute Gasteiger partial charge is 0.497 e. The molecule has 2 amide bonds. The van der Waals surface area contributed by atoms with Gasteiger partial charge in [0.25, 0.3) is 5.91 Å². The maximum atomic E-state index is 13.3. The lowest BCUT2D eigenvalue weighted by Crippen LogP contribution is -2.52. The smallest absolute Gasteiger partial charge is 0.261 e. The van der Waals surface area contributed by atoms with Crippen LogP contribution in [0, 0.1) is 6.92 Å². The Kier molecular flexibility index (Phi) is 9.18. The Hall–Kier alpha value is -2.54. The van der Waals surface area contributed by atoms with Crippen LogP contribution >= 0.6 is 15.9 Å². The minimum absolute atomic E-state index is 0.0971. The summed E-state index contributed by atoms with van der Waals surface area (Å²) in [6.07, 6.45) is 4.78. The van der Waals surface area contributed by atoms with E-state index in [1.54, 1.807) is 12.0 Å². The fraction of sp³-hybridized carbons (Fsp3) is 0.462. The van der Waals surface area contributed by atoms with E-state index in [1.807, 2.05) is 56.3 Å². The molecule has 0 saturated heterocycles. The third-order valence-electron chi connectivity index (χ3n) is 6.07. The van der Waals surface area contributed by atoms with E-state index in [1.165, 1.54) is 0 Å². The molecule has 178 valence electrons. The maximum absolute atomic E-state index is 13.3. The summed E-state index contributed by atoms with van der Waals surface area (Å²) in [6, 6.07) is 12.8. The van der Waals surface area contributed by atoms with Crippen molar-refractivity contribution < 1.29 is 19.1 Å². The second kappa shape index (κ2) is 12.1. The zero-order chi connectivity index (χ0) is 23.8. The molecule has 2 aromatic carbocycles. The van der Waals surface area contributed by atoms with Gasteiger partial charge in [0.1, 0.15) is 17.5 Å². The molecule has 0 unspecified atom stereocenters. The molecule has 1 saturated carbocycles. The Balaban J connectivity index is 1.78. The van der Waals surface area contributed by atoms with Gasteiger partial charge in [-0.15, -0.1) is 0 Å². The predicted octanol–water partition coefficient (Wildman–Crippen LogP) is 5.01. The van der Waals surface area contributed by atoms with Gasteiger partial charge < -0.3 is 19.7 Å². The molecule has 0 bridgehead atoms. The fourth-order valence-electron chi connectivity index (χ4n) is 4.19. The number of ether oxygens (including phenoxy) is 2. The summed E-state index contributed by atoms with van der Waals surface area (Å²) in [5.74, 6) is 1.01.